The molecular formula is C16H17NO4S. The topological polar surface area (TPSA) is 56.8 Å². The number of fused-ring (bicyclic) bond motifs is 1. The van der Waals surface area contributed by atoms with Crippen molar-refractivity contribution >= 4 is 22.9 Å². The minimum Gasteiger partial charge on any atom is -0.496 e. The van der Waals surface area contributed by atoms with Crippen LogP contribution in [0.4, 0.5) is 5.69 Å². The fourth-order valence-corrected chi connectivity index (χ4v) is 3.72. The Kier molecular flexibility index (Phi) is 3.94. The Labute approximate surface area is 132 Å². The van der Waals surface area contributed by atoms with E-state index in [0.717, 1.165) is 16.1 Å². The van der Waals surface area contributed by atoms with Gasteiger partial charge in [-0.15, -0.1) is 11.3 Å². The van der Waals surface area contributed by atoms with E-state index < -0.39 is 0 Å². The number of benzene rings is 1. The number of nitrogens with one attached hydrogen (secondary N) is 1. The Morgan fingerprint density at radius 2 is 1.77 bits per heavy atom. The van der Waals surface area contributed by atoms with E-state index in [2.05, 4.69) is 5.32 Å². The van der Waals surface area contributed by atoms with Gasteiger partial charge in [0.15, 0.2) is 11.5 Å². The first-order chi connectivity index (χ1) is 10.7. The molecule has 3 rings (SSSR count). The molecule has 0 spiro atoms. The molecule has 6 heteroatoms. The highest BCUT2D eigenvalue weighted by Gasteiger charge is 2.30. The van der Waals surface area contributed by atoms with Crippen LogP contribution in [0.2, 0.25) is 0 Å². The van der Waals surface area contributed by atoms with Crippen LogP contribution in [0.5, 0.6) is 17.2 Å². The molecule has 1 amide bonds. The lowest BCUT2D eigenvalue weighted by molar-refractivity contribution is -0.116. The molecule has 1 N–H and O–H groups in total. The van der Waals surface area contributed by atoms with E-state index in [-0.39, 0.29) is 11.8 Å². The van der Waals surface area contributed by atoms with Crippen LogP contribution in [0.3, 0.4) is 0 Å². The molecule has 0 saturated carbocycles. The number of thiophene rings is 1. The van der Waals surface area contributed by atoms with Gasteiger partial charge < -0.3 is 19.5 Å². The highest BCUT2D eigenvalue weighted by atomic mass is 32.1. The zero-order valence-electron chi connectivity index (χ0n) is 12.6. The molecule has 5 nitrogen and oxygen atoms in total. The summed E-state index contributed by atoms with van der Waals surface area (Å²) in [7, 11) is 4.80. The van der Waals surface area contributed by atoms with Gasteiger partial charge in [0, 0.05) is 28.8 Å². The van der Waals surface area contributed by atoms with Gasteiger partial charge in [0.2, 0.25) is 5.91 Å². The van der Waals surface area contributed by atoms with Gasteiger partial charge in [-0.25, -0.2) is 0 Å². The summed E-state index contributed by atoms with van der Waals surface area (Å²) >= 11 is 1.63. The van der Waals surface area contributed by atoms with Crippen molar-refractivity contribution in [3.05, 3.63) is 34.0 Å². The minimum atomic E-state index is -0.0430. The quantitative estimate of drug-likeness (QED) is 0.940. The van der Waals surface area contributed by atoms with E-state index in [9.17, 15) is 4.79 Å². The largest absolute Gasteiger partial charge is 0.496 e. The van der Waals surface area contributed by atoms with Crippen molar-refractivity contribution in [3.63, 3.8) is 0 Å². The fourth-order valence-electron chi connectivity index (χ4n) is 2.75. The van der Waals surface area contributed by atoms with Crippen molar-refractivity contribution in [2.75, 3.05) is 26.6 Å². The molecule has 0 bridgehead atoms. The number of carbonyl (C=O) groups is 1. The van der Waals surface area contributed by atoms with E-state index in [1.807, 2.05) is 17.5 Å². The molecular weight excluding hydrogens is 302 g/mol. The first-order valence-electron chi connectivity index (χ1n) is 6.85. The van der Waals surface area contributed by atoms with Crippen molar-refractivity contribution in [3.8, 4) is 17.2 Å². The van der Waals surface area contributed by atoms with Gasteiger partial charge in [0.25, 0.3) is 0 Å². The number of hydrogen-bond donors (Lipinski definition) is 1. The number of anilines is 1. The standard InChI is InChI=1S/C16H17NO4S/c1-19-12-8-14(21-3)13(20-2)6-9(12)10-7-15(18)17-11-4-5-22-16(10)11/h4-6,8,10H,7H2,1-3H3,(H,17,18)/t10-/m0/s1. The molecule has 1 aliphatic rings. The lowest BCUT2D eigenvalue weighted by Crippen LogP contribution is -2.22. The Bertz CT molecular complexity index is 710. The lowest BCUT2D eigenvalue weighted by Gasteiger charge is -2.25. The average molecular weight is 319 g/mol. The highest BCUT2D eigenvalue weighted by Crippen LogP contribution is 2.46. The summed E-state index contributed by atoms with van der Waals surface area (Å²) in [6.07, 6.45) is 0.388. The van der Waals surface area contributed by atoms with Crippen LogP contribution in [0.1, 0.15) is 22.8 Å². The molecule has 0 radical (unpaired) electrons. The maximum atomic E-state index is 12.0. The third-order valence-corrected chi connectivity index (χ3v) is 4.82. The van der Waals surface area contributed by atoms with Gasteiger partial charge in [0.1, 0.15) is 5.75 Å². The normalized spacial score (nSPS) is 16.7. The Morgan fingerprint density at radius 3 is 2.45 bits per heavy atom. The van der Waals surface area contributed by atoms with Crippen molar-refractivity contribution < 1.29 is 19.0 Å². The molecule has 1 aromatic heterocycles. The molecule has 0 fully saturated rings. The zero-order valence-corrected chi connectivity index (χ0v) is 13.5. The van der Waals surface area contributed by atoms with Crippen molar-refractivity contribution in [2.45, 2.75) is 12.3 Å². The minimum absolute atomic E-state index is 0.00716. The van der Waals surface area contributed by atoms with Crippen LogP contribution in [0, 0.1) is 0 Å². The van der Waals surface area contributed by atoms with Gasteiger partial charge in [-0.2, -0.15) is 0 Å². The van der Waals surface area contributed by atoms with Crippen molar-refractivity contribution in [2.24, 2.45) is 0 Å². The number of carbonyl (C=O) groups excluding carboxylic acids is 1. The monoisotopic (exact) mass is 319 g/mol. The number of methoxy groups -OCH3 is 3. The van der Waals surface area contributed by atoms with E-state index in [1.165, 1.54) is 0 Å². The Morgan fingerprint density at radius 1 is 1.09 bits per heavy atom. The summed E-state index contributed by atoms with van der Waals surface area (Å²) in [4.78, 5) is 13.1. The van der Waals surface area contributed by atoms with Gasteiger partial charge in [-0.3, -0.25) is 4.79 Å². The molecule has 22 heavy (non-hydrogen) atoms. The van der Waals surface area contributed by atoms with Crippen LogP contribution >= 0.6 is 11.3 Å². The molecule has 2 aromatic rings. The van der Waals surface area contributed by atoms with Crippen LogP contribution in [0.15, 0.2) is 23.6 Å². The SMILES string of the molecule is COc1cc(OC)c([C@@H]2CC(=O)Nc3ccsc32)cc1OC. The molecule has 1 aromatic carbocycles. The summed E-state index contributed by atoms with van der Waals surface area (Å²) in [6, 6.07) is 5.62. The number of hydrogen-bond acceptors (Lipinski definition) is 5. The van der Waals surface area contributed by atoms with Crippen LogP contribution in [0.25, 0.3) is 0 Å². The van der Waals surface area contributed by atoms with E-state index in [4.69, 9.17) is 14.2 Å². The van der Waals surface area contributed by atoms with Crippen LogP contribution in [-0.4, -0.2) is 27.2 Å². The van der Waals surface area contributed by atoms with Crippen molar-refractivity contribution in [1.29, 1.82) is 0 Å². The summed E-state index contributed by atoms with van der Waals surface area (Å²) in [6.45, 7) is 0. The average Bonchev–Trinajstić information content (AvgIpc) is 3.00. The van der Waals surface area contributed by atoms with Gasteiger partial charge >= 0.3 is 0 Å². The lowest BCUT2D eigenvalue weighted by atomic mass is 9.89. The molecule has 0 aliphatic carbocycles. The second kappa shape index (κ2) is 5.88. The number of rotatable bonds is 4. The molecule has 0 saturated heterocycles. The third-order valence-electron chi connectivity index (χ3n) is 3.79. The van der Waals surface area contributed by atoms with E-state index in [0.29, 0.717) is 23.7 Å². The first kappa shape index (κ1) is 14.7. The number of amides is 1. The second-order valence-electron chi connectivity index (χ2n) is 4.95. The summed E-state index contributed by atoms with van der Waals surface area (Å²) in [5, 5.41) is 4.89. The molecule has 1 atom stereocenters. The summed E-state index contributed by atoms with van der Waals surface area (Å²) in [5.41, 5.74) is 1.81. The maximum absolute atomic E-state index is 12.0. The third kappa shape index (κ3) is 2.39. The predicted octanol–water partition coefficient (Wildman–Crippen LogP) is 3.25. The van der Waals surface area contributed by atoms with Crippen molar-refractivity contribution in [1.82, 2.24) is 0 Å². The van der Waals surface area contributed by atoms with Gasteiger partial charge in [-0.1, -0.05) is 0 Å². The van der Waals surface area contributed by atoms with Crippen LogP contribution < -0.4 is 19.5 Å². The fraction of sp³-hybridized carbons (Fsp3) is 0.312. The Balaban J connectivity index is 2.14. The van der Waals surface area contributed by atoms with Gasteiger partial charge in [0.05, 0.1) is 27.0 Å². The molecule has 116 valence electrons. The first-order valence-corrected chi connectivity index (χ1v) is 7.73. The summed E-state index contributed by atoms with van der Waals surface area (Å²) < 4.78 is 16.2. The highest BCUT2D eigenvalue weighted by molar-refractivity contribution is 7.10. The maximum Gasteiger partial charge on any atom is 0.225 e. The second-order valence-corrected chi connectivity index (χ2v) is 5.90. The van der Waals surface area contributed by atoms with Gasteiger partial charge in [-0.05, 0) is 17.5 Å². The predicted molar refractivity (Wildman–Crippen MR) is 85.5 cm³/mol. The molecule has 1 aliphatic heterocycles. The van der Waals surface area contributed by atoms with Crippen LogP contribution in [-0.2, 0) is 4.79 Å². The molecule has 2 heterocycles. The summed E-state index contributed by atoms with van der Waals surface area (Å²) in [5.74, 6) is 1.89. The Hall–Kier alpha value is -2.21. The zero-order chi connectivity index (χ0) is 15.7. The van der Waals surface area contributed by atoms with E-state index >= 15 is 0 Å². The smallest absolute Gasteiger partial charge is 0.225 e. The van der Waals surface area contributed by atoms with E-state index in [1.54, 1.807) is 38.7 Å². The number of ether oxygens (including phenoxy) is 3. The molecule has 0 unspecified atom stereocenters.